The molecule has 4 nitrogen and oxygen atoms in total. The number of benzene rings is 2. The third-order valence-electron chi connectivity index (χ3n) is 4.98. The van der Waals surface area contributed by atoms with E-state index < -0.39 is 22.5 Å². The van der Waals surface area contributed by atoms with Gasteiger partial charge in [-0.3, -0.25) is 9.71 Å². The second-order valence-electron chi connectivity index (χ2n) is 7.44. The average molecular weight is 444 g/mol. The predicted molar refractivity (Wildman–Crippen MR) is 115 cm³/mol. The summed E-state index contributed by atoms with van der Waals surface area (Å²) in [5, 5.41) is 0. The van der Waals surface area contributed by atoms with Crippen LogP contribution < -0.4 is 4.72 Å². The van der Waals surface area contributed by atoms with Crippen LogP contribution in [0, 0.1) is 11.6 Å². The van der Waals surface area contributed by atoms with Crippen LogP contribution in [0.3, 0.4) is 0 Å². The second kappa shape index (κ2) is 8.19. The molecule has 0 atom stereocenters. The molecule has 1 aliphatic rings. The van der Waals surface area contributed by atoms with Gasteiger partial charge in [0, 0.05) is 11.3 Å². The summed E-state index contributed by atoms with van der Waals surface area (Å²) >= 11 is 0. The fraction of sp³-hybridized carbons (Fsp3) is 0.174. The van der Waals surface area contributed by atoms with Crippen molar-refractivity contribution in [1.29, 1.82) is 0 Å². The van der Waals surface area contributed by atoms with Crippen molar-refractivity contribution in [3.63, 3.8) is 0 Å². The van der Waals surface area contributed by atoms with Crippen LogP contribution in [0.1, 0.15) is 33.6 Å². The summed E-state index contributed by atoms with van der Waals surface area (Å²) in [7, 11) is -3.58. The zero-order chi connectivity index (χ0) is 22.2. The largest absolute Gasteiger partial charge is 0.284 e. The van der Waals surface area contributed by atoms with Crippen LogP contribution in [0.5, 0.6) is 0 Å². The van der Waals surface area contributed by atoms with Crippen LogP contribution in [0.15, 0.2) is 48.5 Å². The second-order valence-corrected chi connectivity index (χ2v) is 9.19. The van der Waals surface area contributed by atoms with Gasteiger partial charge in [-0.15, -0.1) is 0 Å². The molecule has 2 aromatic carbocycles. The van der Waals surface area contributed by atoms with Gasteiger partial charge in [-0.1, -0.05) is 12.1 Å². The molecule has 1 aliphatic carbocycles. The van der Waals surface area contributed by atoms with Crippen LogP contribution in [0.25, 0.3) is 11.6 Å². The number of pyridine rings is 1. The lowest BCUT2D eigenvalue weighted by Gasteiger charge is -2.13. The number of hydrogen-bond donors (Lipinski definition) is 1. The van der Waals surface area contributed by atoms with Gasteiger partial charge in [0.05, 0.1) is 17.6 Å². The van der Waals surface area contributed by atoms with Crippen molar-refractivity contribution in [3.05, 3.63) is 93.8 Å². The van der Waals surface area contributed by atoms with Gasteiger partial charge in [-0.25, -0.2) is 21.6 Å². The van der Waals surface area contributed by atoms with Gasteiger partial charge in [-0.05, 0) is 77.6 Å². The number of aromatic nitrogens is 1. The minimum atomic E-state index is -3.58. The Labute approximate surface area is 178 Å². The zero-order valence-corrected chi connectivity index (χ0v) is 17.4. The van der Waals surface area contributed by atoms with E-state index in [2.05, 4.69) is 9.71 Å². The van der Waals surface area contributed by atoms with Gasteiger partial charge < -0.3 is 0 Å². The van der Waals surface area contributed by atoms with E-state index in [0.29, 0.717) is 35.4 Å². The normalized spacial score (nSPS) is 14.6. The van der Waals surface area contributed by atoms with Crippen molar-refractivity contribution in [3.8, 4) is 0 Å². The van der Waals surface area contributed by atoms with Crippen molar-refractivity contribution in [2.24, 2.45) is 0 Å². The Bertz CT molecular complexity index is 1300. The number of hydrogen-bond acceptors (Lipinski definition) is 3. The summed E-state index contributed by atoms with van der Waals surface area (Å²) in [4.78, 5) is 4.40. The summed E-state index contributed by atoms with van der Waals surface area (Å²) in [5.41, 5.74) is 4.42. The highest BCUT2D eigenvalue weighted by Crippen LogP contribution is 2.35. The van der Waals surface area contributed by atoms with Crippen LogP contribution in [0.2, 0.25) is 0 Å². The molecule has 1 N–H and O–H groups in total. The van der Waals surface area contributed by atoms with Gasteiger partial charge in [0.1, 0.15) is 18.3 Å². The van der Waals surface area contributed by atoms with Crippen molar-refractivity contribution < 1.29 is 21.6 Å². The third-order valence-corrected chi connectivity index (χ3v) is 5.59. The quantitative estimate of drug-likeness (QED) is 0.624. The molecule has 4 rings (SSSR count). The van der Waals surface area contributed by atoms with Crippen LogP contribution in [-0.2, 0) is 29.5 Å². The summed E-state index contributed by atoms with van der Waals surface area (Å²) in [6, 6.07) is 11.7. The molecule has 0 spiro atoms. The fourth-order valence-electron chi connectivity index (χ4n) is 3.78. The van der Waals surface area contributed by atoms with Crippen molar-refractivity contribution in [2.75, 3.05) is 11.0 Å². The number of nitrogens with one attached hydrogen (secondary N) is 1. The molecule has 0 saturated carbocycles. The van der Waals surface area contributed by atoms with Gasteiger partial charge in [0.2, 0.25) is 10.0 Å². The molecular formula is C23H19F3N2O2S. The Balaban J connectivity index is 1.92. The van der Waals surface area contributed by atoms with Crippen LogP contribution in [0.4, 0.5) is 18.9 Å². The van der Waals surface area contributed by atoms with E-state index in [1.807, 2.05) is 0 Å². The van der Waals surface area contributed by atoms with E-state index >= 15 is 0 Å². The number of anilines is 1. The molecule has 0 amide bonds. The molecule has 0 radical (unpaired) electrons. The lowest BCUT2D eigenvalue weighted by atomic mass is 9.93. The van der Waals surface area contributed by atoms with Crippen molar-refractivity contribution in [1.82, 2.24) is 4.98 Å². The standard InChI is InChI=1S/C23H19F3N2O2S/c1-31(29,30)28-19-9-14(8-17(26)12-19)10-22-20-5-3-16(25)11-15(20)2-7-23-21(22)6-4-18(13-24)27-23/h3-6,8-12,28H,2,7,13H2,1H3/b22-10+. The Hall–Kier alpha value is -3.13. The number of halogens is 3. The summed E-state index contributed by atoms with van der Waals surface area (Å²) in [5.74, 6) is -0.980. The maximum atomic E-state index is 14.2. The maximum Gasteiger partial charge on any atom is 0.229 e. The van der Waals surface area contributed by atoms with E-state index in [1.54, 1.807) is 24.3 Å². The molecule has 31 heavy (non-hydrogen) atoms. The van der Waals surface area contributed by atoms with Gasteiger partial charge in [0.25, 0.3) is 0 Å². The lowest BCUT2D eigenvalue weighted by Crippen LogP contribution is -2.09. The first-order valence-electron chi connectivity index (χ1n) is 9.56. The average Bonchev–Trinajstić information content (AvgIpc) is 2.82. The van der Waals surface area contributed by atoms with E-state index in [4.69, 9.17) is 0 Å². The topological polar surface area (TPSA) is 59.1 Å². The third kappa shape index (κ3) is 4.80. The number of alkyl halides is 1. The van der Waals surface area contributed by atoms with Crippen molar-refractivity contribution >= 4 is 27.4 Å². The monoisotopic (exact) mass is 444 g/mol. The Morgan fingerprint density at radius 1 is 1.00 bits per heavy atom. The Morgan fingerprint density at radius 3 is 2.52 bits per heavy atom. The number of nitrogens with zero attached hydrogens (tertiary/aromatic N) is 1. The molecule has 1 aromatic heterocycles. The number of rotatable bonds is 4. The molecule has 0 unspecified atom stereocenters. The summed E-state index contributed by atoms with van der Waals surface area (Å²) in [6.45, 7) is -0.696. The fourth-order valence-corrected chi connectivity index (χ4v) is 4.32. The van der Waals surface area contributed by atoms with Crippen LogP contribution in [-0.4, -0.2) is 19.7 Å². The predicted octanol–water partition coefficient (Wildman–Crippen LogP) is 4.89. The maximum absolute atomic E-state index is 14.2. The molecule has 0 saturated heterocycles. The Kier molecular flexibility index (Phi) is 5.58. The first-order valence-corrected chi connectivity index (χ1v) is 11.4. The molecular weight excluding hydrogens is 425 g/mol. The molecule has 0 aliphatic heterocycles. The SMILES string of the molecule is CS(=O)(=O)Nc1cc(F)cc(/C=C2\c3ccc(F)cc3CCc3nc(CF)ccc32)c1. The molecule has 0 fully saturated rings. The number of aryl methyl sites for hydroxylation is 2. The smallest absolute Gasteiger partial charge is 0.229 e. The minimum Gasteiger partial charge on any atom is -0.284 e. The van der Waals surface area contributed by atoms with Gasteiger partial charge in [0.15, 0.2) is 0 Å². The zero-order valence-electron chi connectivity index (χ0n) is 16.6. The van der Waals surface area contributed by atoms with E-state index in [1.165, 1.54) is 24.3 Å². The number of fused-ring (bicyclic) bond motifs is 2. The molecule has 0 bridgehead atoms. The van der Waals surface area contributed by atoms with E-state index in [-0.39, 0.29) is 11.5 Å². The first kappa shape index (κ1) is 21.1. The summed E-state index contributed by atoms with van der Waals surface area (Å²) in [6.07, 6.45) is 3.70. The lowest BCUT2D eigenvalue weighted by molar-refractivity contribution is 0.475. The molecule has 1 heterocycles. The highest BCUT2D eigenvalue weighted by molar-refractivity contribution is 7.92. The van der Waals surface area contributed by atoms with Crippen LogP contribution >= 0.6 is 0 Å². The molecule has 8 heteroatoms. The number of sulfonamides is 1. The summed E-state index contributed by atoms with van der Waals surface area (Å²) < 4.78 is 66.6. The van der Waals surface area contributed by atoms with Crippen molar-refractivity contribution in [2.45, 2.75) is 19.5 Å². The molecule has 160 valence electrons. The van der Waals surface area contributed by atoms with E-state index in [0.717, 1.165) is 29.0 Å². The molecule has 3 aromatic rings. The highest BCUT2D eigenvalue weighted by Gasteiger charge is 2.20. The van der Waals surface area contributed by atoms with E-state index in [9.17, 15) is 21.6 Å². The Morgan fingerprint density at radius 2 is 1.77 bits per heavy atom. The highest BCUT2D eigenvalue weighted by atomic mass is 32.2. The first-order chi connectivity index (χ1) is 14.7. The minimum absolute atomic E-state index is 0.0911. The van der Waals surface area contributed by atoms with Gasteiger partial charge in [-0.2, -0.15) is 0 Å². The van der Waals surface area contributed by atoms with Gasteiger partial charge >= 0.3 is 0 Å².